The van der Waals surface area contributed by atoms with Crippen LogP contribution in [0.15, 0.2) is 0 Å². The lowest BCUT2D eigenvalue weighted by atomic mass is 10.2. The first-order chi connectivity index (χ1) is 9.44. The zero-order chi connectivity index (χ0) is 14.8. The molecule has 1 N–H and O–H groups in total. The van der Waals surface area contributed by atoms with E-state index < -0.39 is 27.3 Å². The minimum Gasteiger partial charge on any atom is -0.479 e. The molecule has 20 heavy (non-hydrogen) atoms. The van der Waals surface area contributed by atoms with Gasteiger partial charge in [-0.2, -0.15) is 11.8 Å². The fourth-order valence-electron chi connectivity index (χ4n) is 2.63. The second-order valence-electron chi connectivity index (χ2n) is 5.14. The van der Waals surface area contributed by atoms with Crippen LogP contribution < -0.4 is 0 Å². The summed E-state index contributed by atoms with van der Waals surface area (Å²) in [5, 5.41) is 8.46. The highest BCUT2D eigenvalue weighted by atomic mass is 32.2. The summed E-state index contributed by atoms with van der Waals surface area (Å²) in [6.45, 7) is 2.89. The molecule has 0 aromatic rings. The quantitative estimate of drug-likeness (QED) is 0.785. The normalized spacial score (nSPS) is 32.4. The summed E-state index contributed by atoms with van der Waals surface area (Å²) in [6, 6.07) is 0. The van der Waals surface area contributed by atoms with Crippen molar-refractivity contribution < 1.29 is 23.1 Å². The molecule has 0 aromatic heterocycles. The molecule has 0 spiro atoms. The Morgan fingerprint density at radius 2 is 2.20 bits per heavy atom. The van der Waals surface area contributed by atoms with Gasteiger partial charge in [-0.25, -0.2) is 13.2 Å². The summed E-state index contributed by atoms with van der Waals surface area (Å²) in [7, 11) is -3.11. The number of rotatable bonds is 5. The van der Waals surface area contributed by atoms with E-state index in [9.17, 15) is 13.2 Å². The second kappa shape index (κ2) is 6.64. The van der Waals surface area contributed by atoms with Gasteiger partial charge in [0.25, 0.3) is 0 Å². The largest absolute Gasteiger partial charge is 0.479 e. The van der Waals surface area contributed by atoms with E-state index in [4.69, 9.17) is 9.84 Å². The number of thioether (sulfide) groups is 1. The van der Waals surface area contributed by atoms with Gasteiger partial charge >= 0.3 is 5.97 Å². The van der Waals surface area contributed by atoms with Gasteiger partial charge in [0.05, 0.1) is 6.10 Å². The fourth-order valence-corrected chi connectivity index (χ4v) is 5.72. The van der Waals surface area contributed by atoms with Crippen LogP contribution >= 0.6 is 11.8 Å². The Bertz CT molecular complexity index is 453. The molecule has 3 atom stereocenters. The Morgan fingerprint density at radius 1 is 1.45 bits per heavy atom. The maximum absolute atomic E-state index is 12.1. The predicted molar refractivity (Wildman–Crippen MR) is 77.7 cm³/mol. The number of nitrogens with zero attached hydrogens (tertiary/aromatic N) is 1. The number of carboxylic acid groups (broad SMARTS) is 1. The summed E-state index contributed by atoms with van der Waals surface area (Å²) in [5.41, 5.74) is 0. The number of sulfone groups is 1. The van der Waals surface area contributed by atoms with Crippen molar-refractivity contribution >= 4 is 27.6 Å². The third-order valence-corrected chi connectivity index (χ3v) is 7.16. The lowest BCUT2D eigenvalue weighted by Crippen LogP contribution is -2.50. The van der Waals surface area contributed by atoms with E-state index in [0.29, 0.717) is 31.7 Å². The van der Waals surface area contributed by atoms with Crippen LogP contribution in [-0.4, -0.2) is 72.3 Å². The Hall–Kier alpha value is -0.310. The molecule has 0 aromatic carbocycles. The van der Waals surface area contributed by atoms with Gasteiger partial charge in [0.15, 0.2) is 15.9 Å². The first-order valence-electron chi connectivity index (χ1n) is 6.85. The molecule has 8 heteroatoms. The first-order valence-corrected chi connectivity index (χ1v) is 9.72. The van der Waals surface area contributed by atoms with Gasteiger partial charge < -0.3 is 9.84 Å². The average molecular weight is 323 g/mol. The molecule has 0 saturated carbocycles. The van der Waals surface area contributed by atoms with Crippen molar-refractivity contribution in [2.45, 2.75) is 37.3 Å². The van der Waals surface area contributed by atoms with Crippen LogP contribution in [0.3, 0.4) is 0 Å². The van der Waals surface area contributed by atoms with Crippen molar-refractivity contribution in [1.82, 2.24) is 4.90 Å². The van der Waals surface area contributed by atoms with Crippen molar-refractivity contribution in [2.24, 2.45) is 0 Å². The summed E-state index contributed by atoms with van der Waals surface area (Å²) in [6.07, 6.45) is 0.280. The van der Waals surface area contributed by atoms with Gasteiger partial charge in [-0.05, 0) is 12.8 Å². The fraction of sp³-hybridized carbons (Fsp3) is 0.917. The van der Waals surface area contributed by atoms with Crippen molar-refractivity contribution in [1.29, 1.82) is 0 Å². The van der Waals surface area contributed by atoms with Crippen LogP contribution in [0.25, 0.3) is 0 Å². The van der Waals surface area contributed by atoms with E-state index in [1.807, 2.05) is 4.90 Å². The first kappa shape index (κ1) is 16.1. The lowest BCUT2D eigenvalue weighted by molar-refractivity contribution is -0.149. The molecule has 2 aliphatic rings. The lowest BCUT2D eigenvalue weighted by Gasteiger charge is -2.35. The molecule has 2 saturated heterocycles. The monoisotopic (exact) mass is 323 g/mol. The summed E-state index contributed by atoms with van der Waals surface area (Å²) < 4.78 is 29.7. The molecular weight excluding hydrogens is 302 g/mol. The summed E-state index contributed by atoms with van der Waals surface area (Å²) >= 11 is 1.66. The van der Waals surface area contributed by atoms with E-state index in [-0.39, 0.29) is 11.9 Å². The Balaban J connectivity index is 1.98. The van der Waals surface area contributed by atoms with Crippen LogP contribution in [0.4, 0.5) is 0 Å². The summed E-state index contributed by atoms with van der Waals surface area (Å²) in [4.78, 5) is 12.8. The second-order valence-corrected chi connectivity index (χ2v) is 8.74. The van der Waals surface area contributed by atoms with Crippen molar-refractivity contribution in [3.05, 3.63) is 0 Å². The minimum atomic E-state index is -3.11. The standard InChI is InChI=1S/C12H21NO5S2/c1-2-20(16,17)11-8-19-6-5-13(11)7-9-3-4-10(18-9)12(14)15/h9-11H,2-8H2,1H3,(H,14,15). The van der Waals surface area contributed by atoms with E-state index in [1.54, 1.807) is 18.7 Å². The number of aliphatic carboxylic acids is 1. The van der Waals surface area contributed by atoms with E-state index in [0.717, 1.165) is 5.75 Å². The van der Waals surface area contributed by atoms with Crippen LogP contribution in [-0.2, 0) is 19.4 Å². The molecule has 6 nitrogen and oxygen atoms in total. The maximum atomic E-state index is 12.1. The number of ether oxygens (including phenoxy) is 1. The highest BCUT2D eigenvalue weighted by Gasteiger charge is 2.37. The Kier molecular flexibility index (Phi) is 5.33. The smallest absolute Gasteiger partial charge is 0.332 e. The Morgan fingerprint density at radius 3 is 2.80 bits per heavy atom. The van der Waals surface area contributed by atoms with Crippen LogP contribution in [0.1, 0.15) is 19.8 Å². The molecule has 2 fully saturated rings. The maximum Gasteiger partial charge on any atom is 0.332 e. The Labute approximate surface area is 123 Å². The molecule has 0 radical (unpaired) electrons. The molecule has 2 rings (SSSR count). The zero-order valence-corrected chi connectivity index (χ0v) is 13.2. The number of carboxylic acids is 1. The average Bonchev–Trinajstić information content (AvgIpc) is 2.88. The van der Waals surface area contributed by atoms with Crippen molar-refractivity contribution in [2.75, 3.05) is 30.3 Å². The third-order valence-electron chi connectivity index (χ3n) is 3.83. The molecule has 3 unspecified atom stereocenters. The van der Waals surface area contributed by atoms with Crippen LogP contribution in [0.2, 0.25) is 0 Å². The van der Waals surface area contributed by atoms with E-state index in [1.165, 1.54) is 0 Å². The molecule has 0 bridgehead atoms. The van der Waals surface area contributed by atoms with Crippen LogP contribution in [0.5, 0.6) is 0 Å². The van der Waals surface area contributed by atoms with Gasteiger partial charge in [-0.3, -0.25) is 4.90 Å². The van der Waals surface area contributed by atoms with Gasteiger partial charge in [-0.15, -0.1) is 0 Å². The molecule has 0 amide bonds. The van der Waals surface area contributed by atoms with E-state index >= 15 is 0 Å². The number of carbonyl (C=O) groups is 1. The molecule has 2 heterocycles. The van der Waals surface area contributed by atoms with Gasteiger partial charge in [-0.1, -0.05) is 6.92 Å². The molecule has 0 aliphatic carbocycles. The SMILES string of the molecule is CCS(=O)(=O)C1CSCCN1CC1CCC(C(=O)O)O1. The van der Waals surface area contributed by atoms with Crippen LogP contribution in [0, 0.1) is 0 Å². The topological polar surface area (TPSA) is 83.9 Å². The number of hydrogen-bond donors (Lipinski definition) is 1. The van der Waals surface area contributed by atoms with Crippen molar-refractivity contribution in [3.63, 3.8) is 0 Å². The minimum absolute atomic E-state index is 0.137. The zero-order valence-electron chi connectivity index (χ0n) is 11.5. The van der Waals surface area contributed by atoms with E-state index in [2.05, 4.69) is 0 Å². The third kappa shape index (κ3) is 3.66. The van der Waals surface area contributed by atoms with Crippen molar-refractivity contribution in [3.8, 4) is 0 Å². The van der Waals surface area contributed by atoms with Gasteiger partial charge in [0.1, 0.15) is 5.37 Å². The molecular formula is C12H21NO5S2. The number of hydrogen-bond acceptors (Lipinski definition) is 6. The van der Waals surface area contributed by atoms with Gasteiger partial charge in [0.2, 0.25) is 0 Å². The highest BCUT2D eigenvalue weighted by molar-refractivity contribution is 8.01. The highest BCUT2D eigenvalue weighted by Crippen LogP contribution is 2.26. The van der Waals surface area contributed by atoms with Gasteiger partial charge in [0, 0.05) is 30.3 Å². The molecule has 2 aliphatic heterocycles. The summed E-state index contributed by atoms with van der Waals surface area (Å²) in [5.74, 6) is 0.702. The molecule has 116 valence electrons. The predicted octanol–water partition coefficient (Wildman–Crippen LogP) is 0.428.